The fourth-order valence-electron chi connectivity index (χ4n) is 11.2. The van der Waals surface area contributed by atoms with Gasteiger partial charge in [-0.3, -0.25) is 0 Å². The third-order valence-electron chi connectivity index (χ3n) is 13.9. The van der Waals surface area contributed by atoms with Crippen molar-refractivity contribution in [1.82, 2.24) is 0 Å². The lowest BCUT2D eigenvalue weighted by molar-refractivity contribution is 0.660. The van der Waals surface area contributed by atoms with Crippen molar-refractivity contribution in [3.8, 4) is 67.8 Å². The third kappa shape index (κ3) is 5.12. The first-order valence-corrected chi connectivity index (χ1v) is 21.5. The van der Waals surface area contributed by atoms with E-state index in [0.717, 1.165) is 78.3 Å². The van der Waals surface area contributed by atoms with Gasteiger partial charge in [0.15, 0.2) is 0 Å². The normalized spacial score (nSPS) is 15.3. The van der Waals surface area contributed by atoms with E-state index in [1.807, 2.05) is 12.1 Å². The molecule has 0 aliphatic heterocycles. The van der Waals surface area contributed by atoms with Gasteiger partial charge in [-0.15, -0.1) is 0 Å². The van der Waals surface area contributed by atoms with Crippen molar-refractivity contribution in [3.05, 3.63) is 245 Å². The van der Waals surface area contributed by atoms with E-state index in [1.165, 1.54) is 27.8 Å². The predicted molar refractivity (Wildman–Crippen MR) is 255 cm³/mol. The quantitative estimate of drug-likeness (QED) is 0.174. The Hall–Kier alpha value is -8.24. The molecule has 1 unspecified atom stereocenters. The van der Waals surface area contributed by atoms with Gasteiger partial charge >= 0.3 is 0 Å². The number of nitrogens with zero attached hydrogens (tertiary/aromatic N) is 3. The Bertz CT molecular complexity index is 3430. The van der Waals surface area contributed by atoms with E-state index in [9.17, 15) is 10.5 Å². The molecule has 9 aromatic rings. The molecule has 63 heavy (non-hydrogen) atoms. The predicted octanol–water partition coefficient (Wildman–Crippen LogP) is 14.9. The van der Waals surface area contributed by atoms with Crippen LogP contribution in [0.2, 0.25) is 0 Å². The second kappa shape index (κ2) is 13.6. The van der Waals surface area contributed by atoms with Crippen LogP contribution in [0.3, 0.4) is 0 Å². The van der Waals surface area contributed by atoms with Gasteiger partial charge in [0, 0.05) is 22.4 Å². The first-order chi connectivity index (χ1) is 30.9. The number of fused-ring (bicyclic) bond motifs is 13. The molecule has 3 aliphatic rings. The summed E-state index contributed by atoms with van der Waals surface area (Å²) in [7, 11) is 0. The molecular weight excluding hydrogens is 763 g/mol. The monoisotopic (exact) mass is 801 g/mol. The van der Waals surface area contributed by atoms with E-state index >= 15 is 0 Å². The Kier molecular flexibility index (Phi) is 7.92. The SMILES string of the molecule is CC1(C)c2ccccc2-c2ccc(N(c3ccc(-c4ccccc4)cc3)c3ccccc3-c3cccc4c3C3(c5ccccc5-c5ccc(C#N)cc53)c3cc(C#N)ccc3-4)cc21. The summed E-state index contributed by atoms with van der Waals surface area (Å²) in [5, 5.41) is 20.7. The zero-order valence-corrected chi connectivity index (χ0v) is 34.9. The van der Waals surface area contributed by atoms with Crippen LogP contribution in [-0.4, -0.2) is 0 Å². The molecule has 0 saturated carbocycles. The molecule has 0 fully saturated rings. The van der Waals surface area contributed by atoms with Crippen LogP contribution in [0.4, 0.5) is 17.1 Å². The van der Waals surface area contributed by atoms with E-state index in [4.69, 9.17) is 0 Å². The number of anilines is 3. The van der Waals surface area contributed by atoms with Gasteiger partial charge in [0.25, 0.3) is 0 Å². The summed E-state index contributed by atoms with van der Waals surface area (Å²) in [5.41, 5.74) is 22.1. The van der Waals surface area contributed by atoms with Crippen molar-refractivity contribution in [2.45, 2.75) is 24.7 Å². The largest absolute Gasteiger partial charge is 0.310 e. The molecule has 3 heteroatoms. The number of hydrogen-bond acceptors (Lipinski definition) is 3. The Morgan fingerprint density at radius 3 is 1.52 bits per heavy atom. The molecule has 1 atom stereocenters. The van der Waals surface area contributed by atoms with Crippen LogP contribution in [-0.2, 0) is 10.8 Å². The van der Waals surface area contributed by atoms with Crippen molar-refractivity contribution < 1.29 is 0 Å². The maximum Gasteiger partial charge on any atom is 0.0991 e. The summed E-state index contributed by atoms with van der Waals surface area (Å²) < 4.78 is 0. The molecular formula is C60H39N3. The lowest BCUT2D eigenvalue weighted by atomic mass is 9.68. The first kappa shape index (κ1) is 36.6. The maximum atomic E-state index is 10.4. The molecule has 0 aromatic heterocycles. The molecule has 0 bridgehead atoms. The third-order valence-corrected chi connectivity index (χ3v) is 13.9. The summed E-state index contributed by atoms with van der Waals surface area (Å²) in [5.74, 6) is 0. The van der Waals surface area contributed by atoms with Crippen molar-refractivity contribution in [3.63, 3.8) is 0 Å². The van der Waals surface area contributed by atoms with Gasteiger partial charge in [-0.1, -0.05) is 159 Å². The Labute approximate surface area is 368 Å². The number of rotatable bonds is 5. The summed E-state index contributed by atoms with van der Waals surface area (Å²) in [6.45, 7) is 4.68. The van der Waals surface area contributed by atoms with Crippen LogP contribution in [0.5, 0.6) is 0 Å². The minimum atomic E-state index is -0.786. The van der Waals surface area contributed by atoms with E-state index in [1.54, 1.807) is 0 Å². The minimum Gasteiger partial charge on any atom is -0.310 e. The number of nitriles is 2. The Balaban J connectivity index is 1.13. The lowest BCUT2D eigenvalue weighted by Crippen LogP contribution is -2.27. The zero-order chi connectivity index (χ0) is 42.5. The molecule has 9 aromatic carbocycles. The number of hydrogen-bond donors (Lipinski definition) is 0. The number of para-hydroxylation sites is 1. The van der Waals surface area contributed by atoms with E-state index < -0.39 is 5.41 Å². The Morgan fingerprint density at radius 2 is 0.841 bits per heavy atom. The van der Waals surface area contributed by atoms with E-state index in [-0.39, 0.29) is 5.41 Å². The highest BCUT2D eigenvalue weighted by Gasteiger charge is 2.53. The smallest absolute Gasteiger partial charge is 0.0991 e. The van der Waals surface area contributed by atoms with Crippen molar-refractivity contribution in [2.24, 2.45) is 0 Å². The topological polar surface area (TPSA) is 50.8 Å². The van der Waals surface area contributed by atoms with Crippen LogP contribution in [0, 0.1) is 22.7 Å². The molecule has 0 heterocycles. The van der Waals surface area contributed by atoms with Gasteiger partial charge in [-0.2, -0.15) is 10.5 Å². The molecule has 0 radical (unpaired) electrons. The number of benzene rings is 9. The van der Waals surface area contributed by atoms with Crippen LogP contribution in [0.15, 0.2) is 200 Å². The van der Waals surface area contributed by atoms with Gasteiger partial charge in [-0.05, 0) is 138 Å². The average Bonchev–Trinajstić information content (AvgIpc) is 3.90. The van der Waals surface area contributed by atoms with E-state index in [0.29, 0.717) is 11.1 Å². The summed E-state index contributed by atoms with van der Waals surface area (Å²) in [6.07, 6.45) is 0. The average molecular weight is 802 g/mol. The van der Waals surface area contributed by atoms with Gasteiger partial charge in [0.1, 0.15) is 0 Å². The standard InChI is InChI=1S/C60H39N3/c1-59(2)52-20-9-6-15-44(52)46-32-29-43(35-54(46)59)63(42-27-25-41(26-28-42)40-13-4-3-5-14-40)57-22-11-8-17-49(57)51-19-12-18-50-48-31-24-39(37-62)34-56(48)60(58(50)51)53-21-10-7-16-45(53)47-30-23-38(36-61)33-55(47)60/h3-35H,1-2H3. The Morgan fingerprint density at radius 1 is 0.365 bits per heavy atom. The molecule has 1 spiro atoms. The summed E-state index contributed by atoms with van der Waals surface area (Å²) in [4.78, 5) is 2.43. The highest BCUT2D eigenvalue weighted by molar-refractivity contribution is 6.01. The van der Waals surface area contributed by atoms with Crippen LogP contribution in [0.25, 0.3) is 55.6 Å². The van der Waals surface area contributed by atoms with Gasteiger partial charge in [0.05, 0.1) is 34.4 Å². The molecule has 0 N–H and O–H groups in total. The molecule has 3 aliphatic carbocycles. The molecule has 0 amide bonds. The van der Waals surface area contributed by atoms with Gasteiger partial charge in [0.2, 0.25) is 0 Å². The van der Waals surface area contributed by atoms with Crippen molar-refractivity contribution in [2.75, 3.05) is 4.90 Å². The lowest BCUT2D eigenvalue weighted by Gasteiger charge is -2.34. The van der Waals surface area contributed by atoms with Crippen molar-refractivity contribution in [1.29, 1.82) is 10.5 Å². The minimum absolute atomic E-state index is 0.184. The second-order valence-electron chi connectivity index (χ2n) is 17.4. The highest BCUT2D eigenvalue weighted by atomic mass is 15.1. The summed E-state index contributed by atoms with van der Waals surface area (Å²) >= 11 is 0. The molecule has 12 rings (SSSR count). The van der Waals surface area contributed by atoms with Crippen LogP contribution < -0.4 is 4.90 Å². The van der Waals surface area contributed by atoms with Crippen LogP contribution in [0.1, 0.15) is 58.4 Å². The van der Waals surface area contributed by atoms with E-state index in [2.05, 4.69) is 219 Å². The fraction of sp³-hybridized carbons (Fsp3) is 0.0667. The molecule has 0 saturated heterocycles. The highest BCUT2D eigenvalue weighted by Crippen LogP contribution is 2.65. The molecule has 294 valence electrons. The van der Waals surface area contributed by atoms with Crippen LogP contribution >= 0.6 is 0 Å². The maximum absolute atomic E-state index is 10.4. The molecule has 3 nitrogen and oxygen atoms in total. The second-order valence-corrected chi connectivity index (χ2v) is 17.4. The fourth-order valence-corrected chi connectivity index (χ4v) is 11.2. The van der Waals surface area contributed by atoms with Gasteiger partial charge < -0.3 is 4.90 Å². The first-order valence-electron chi connectivity index (χ1n) is 21.5. The van der Waals surface area contributed by atoms with Gasteiger partial charge in [-0.25, -0.2) is 0 Å². The zero-order valence-electron chi connectivity index (χ0n) is 34.9. The summed E-state index contributed by atoms with van der Waals surface area (Å²) in [6, 6.07) is 76.6. The van der Waals surface area contributed by atoms with Crippen molar-refractivity contribution >= 4 is 17.1 Å².